The summed E-state index contributed by atoms with van der Waals surface area (Å²) in [6.07, 6.45) is 14.2. The van der Waals surface area contributed by atoms with E-state index in [2.05, 4.69) is 20.8 Å². The van der Waals surface area contributed by atoms with E-state index in [4.69, 9.17) is 22.9 Å². The van der Waals surface area contributed by atoms with Gasteiger partial charge in [0.25, 0.3) is 0 Å². The number of unbranched alkanes of at least 4 members (excludes halogenated alkanes) is 8. The third-order valence-electron chi connectivity index (χ3n) is 4.53. The van der Waals surface area contributed by atoms with Crippen LogP contribution in [0.15, 0.2) is 0 Å². The molecule has 4 nitrogen and oxygen atoms in total. The lowest BCUT2D eigenvalue weighted by atomic mass is 9.81. The van der Waals surface area contributed by atoms with Crippen LogP contribution < -0.4 is 22.9 Å². The van der Waals surface area contributed by atoms with Gasteiger partial charge >= 0.3 is 0 Å². The van der Waals surface area contributed by atoms with Gasteiger partial charge in [-0.2, -0.15) is 0 Å². The lowest BCUT2D eigenvalue weighted by molar-refractivity contribution is 0.264. The van der Waals surface area contributed by atoms with Crippen molar-refractivity contribution in [2.75, 3.05) is 26.2 Å². The fraction of sp³-hybridized carbons (Fsp3) is 1.00. The molecule has 24 heavy (non-hydrogen) atoms. The minimum absolute atomic E-state index is 0.369. The zero-order valence-corrected chi connectivity index (χ0v) is 17.0. The van der Waals surface area contributed by atoms with Crippen LogP contribution in [0.25, 0.3) is 0 Å². The summed E-state index contributed by atoms with van der Waals surface area (Å²) in [5.74, 6) is 0.622. The average Bonchev–Trinajstić information content (AvgIpc) is 2.53. The van der Waals surface area contributed by atoms with Crippen LogP contribution in [0.2, 0.25) is 0 Å². The SMILES string of the molecule is CC(CN)CC(C)(C)CCN.NCCCCCCCCCCCN. The van der Waals surface area contributed by atoms with E-state index in [9.17, 15) is 0 Å². The molecule has 4 heteroatoms. The fourth-order valence-electron chi connectivity index (χ4n) is 3.05. The molecule has 0 radical (unpaired) electrons. The zero-order valence-electron chi connectivity index (χ0n) is 17.0. The smallest absolute Gasteiger partial charge is 0.00513 e. The Balaban J connectivity index is 0. The number of nitrogens with two attached hydrogens (primary N) is 4. The van der Waals surface area contributed by atoms with Crippen LogP contribution in [-0.4, -0.2) is 26.2 Å². The maximum absolute atomic E-state index is 5.54. The molecule has 0 aromatic rings. The summed E-state index contributed by atoms with van der Waals surface area (Å²) in [5, 5.41) is 0. The summed E-state index contributed by atoms with van der Waals surface area (Å²) in [5.41, 5.74) is 22.2. The van der Waals surface area contributed by atoms with Crippen LogP contribution in [0.3, 0.4) is 0 Å². The minimum Gasteiger partial charge on any atom is -0.330 e. The highest BCUT2D eigenvalue weighted by molar-refractivity contribution is 4.72. The first-order valence-electron chi connectivity index (χ1n) is 10.2. The molecule has 0 aliphatic rings. The number of hydrogen-bond acceptors (Lipinski definition) is 4. The first-order chi connectivity index (χ1) is 11.4. The molecule has 8 N–H and O–H groups in total. The lowest BCUT2D eigenvalue weighted by Gasteiger charge is -2.26. The van der Waals surface area contributed by atoms with Gasteiger partial charge in [0.2, 0.25) is 0 Å². The molecule has 0 heterocycles. The lowest BCUT2D eigenvalue weighted by Crippen LogP contribution is -2.23. The normalized spacial score (nSPS) is 12.6. The van der Waals surface area contributed by atoms with E-state index in [1.54, 1.807) is 0 Å². The minimum atomic E-state index is 0.369. The first kappa shape index (κ1) is 26.1. The van der Waals surface area contributed by atoms with Crippen molar-refractivity contribution < 1.29 is 0 Å². The number of rotatable bonds is 15. The van der Waals surface area contributed by atoms with Crippen LogP contribution in [0, 0.1) is 11.3 Å². The monoisotopic (exact) mass is 344 g/mol. The largest absolute Gasteiger partial charge is 0.330 e. The summed E-state index contributed by atoms with van der Waals surface area (Å²) in [6, 6.07) is 0. The molecule has 1 unspecified atom stereocenters. The molecular formula is C20H48N4. The molecule has 0 aliphatic heterocycles. The van der Waals surface area contributed by atoms with Gasteiger partial charge in [0, 0.05) is 0 Å². The van der Waals surface area contributed by atoms with Gasteiger partial charge in [-0.15, -0.1) is 0 Å². The topological polar surface area (TPSA) is 104 Å². The summed E-state index contributed by atoms with van der Waals surface area (Å²) in [7, 11) is 0. The summed E-state index contributed by atoms with van der Waals surface area (Å²) >= 11 is 0. The molecule has 0 spiro atoms. The van der Waals surface area contributed by atoms with Crippen molar-refractivity contribution in [3.05, 3.63) is 0 Å². The molecular weight excluding hydrogens is 296 g/mol. The molecule has 0 rings (SSSR count). The van der Waals surface area contributed by atoms with Gasteiger partial charge in [0.05, 0.1) is 0 Å². The second-order valence-corrected chi connectivity index (χ2v) is 8.01. The highest BCUT2D eigenvalue weighted by Crippen LogP contribution is 2.27. The Kier molecular flexibility index (Phi) is 20.8. The molecule has 0 saturated carbocycles. The Morgan fingerprint density at radius 1 is 0.625 bits per heavy atom. The van der Waals surface area contributed by atoms with Crippen molar-refractivity contribution in [3.63, 3.8) is 0 Å². The molecule has 0 aromatic heterocycles. The predicted octanol–water partition coefficient (Wildman–Crippen LogP) is 3.76. The maximum atomic E-state index is 5.54. The van der Waals surface area contributed by atoms with Gasteiger partial charge in [-0.3, -0.25) is 0 Å². The van der Waals surface area contributed by atoms with E-state index in [-0.39, 0.29) is 0 Å². The van der Waals surface area contributed by atoms with E-state index < -0.39 is 0 Å². The van der Waals surface area contributed by atoms with Crippen LogP contribution in [0.5, 0.6) is 0 Å². The van der Waals surface area contributed by atoms with Gasteiger partial charge in [-0.05, 0) is 63.2 Å². The van der Waals surface area contributed by atoms with Gasteiger partial charge in [-0.25, -0.2) is 0 Å². The zero-order chi connectivity index (χ0) is 18.7. The van der Waals surface area contributed by atoms with E-state index in [0.717, 1.165) is 32.6 Å². The molecule has 0 amide bonds. The average molecular weight is 345 g/mol. The van der Waals surface area contributed by atoms with Crippen molar-refractivity contribution in [3.8, 4) is 0 Å². The van der Waals surface area contributed by atoms with Crippen LogP contribution in [0.4, 0.5) is 0 Å². The van der Waals surface area contributed by atoms with Crippen molar-refractivity contribution in [2.24, 2.45) is 34.3 Å². The second kappa shape index (κ2) is 19.2. The van der Waals surface area contributed by atoms with Crippen LogP contribution in [-0.2, 0) is 0 Å². The molecule has 148 valence electrons. The molecule has 0 bridgehead atoms. The maximum Gasteiger partial charge on any atom is -0.00513 e. The van der Waals surface area contributed by atoms with Gasteiger partial charge in [0.1, 0.15) is 0 Å². The predicted molar refractivity (Wildman–Crippen MR) is 110 cm³/mol. The summed E-state index contributed by atoms with van der Waals surface area (Å²) < 4.78 is 0. The Hall–Kier alpha value is -0.160. The molecule has 0 aromatic carbocycles. The molecule has 0 saturated heterocycles. The summed E-state index contributed by atoms with van der Waals surface area (Å²) in [4.78, 5) is 0. The van der Waals surface area contributed by atoms with Crippen molar-refractivity contribution in [1.29, 1.82) is 0 Å². The van der Waals surface area contributed by atoms with Crippen LogP contribution in [0.1, 0.15) is 91.4 Å². The Morgan fingerprint density at radius 2 is 1.00 bits per heavy atom. The Labute approximate surface area is 152 Å². The number of hydrogen-bond donors (Lipinski definition) is 4. The van der Waals surface area contributed by atoms with Gasteiger partial charge < -0.3 is 22.9 Å². The first-order valence-corrected chi connectivity index (χ1v) is 10.2. The van der Waals surface area contributed by atoms with E-state index in [1.807, 2.05) is 0 Å². The van der Waals surface area contributed by atoms with E-state index in [1.165, 1.54) is 64.2 Å². The van der Waals surface area contributed by atoms with Gasteiger partial charge in [0.15, 0.2) is 0 Å². The van der Waals surface area contributed by atoms with Crippen molar-refractivity contribution in [2.45, 2.75) is 91.4 Å². The third kappa shape index (κ3) is 21.8. The molecule has 0 fully saturated rings. The summed E-state index contributed by atoms with van der Waals surface area (Å²) in [6.45, 7) is 9.99. The van der Waals surface area contributed by atoms with E-state index in [0.29, 0.717) is 11.3 Å². The standard InChI is InChI=1S/C11H26N2.C9H22N2/c12-10-8-6-4-2-1-3-5-7-9-11-13;1-8(7-11)6-9(2,3)4-5-10/h1-13H2;8H,4-7,10-11H2,1-3H3. The molecule has 1 atom stereocenters. The Bertz CT molecular complexity index is 222. The fourth-order valence-corrected chi connectivity index (χ4v) is 3.05. The highest BCUT2D eigenvalue weighted by Gasteiger charge is 2.19. The van der Waals surface area contributed by atoms with Crippen molar-refractivity contribution >= 4 is 0 Å². The third-order valence-corrected chi connectivity index (χ3v) is 4.53. The molecule has 0 aliphatic carbocycles. The highest BCUT2D eigenvalue weighted by atomic mass is 14.6. The second-order valence-electron chi connectivity index (χ2n) is 8.01. The van der Waals surface area contributed by atoms with Gasteiger partial charge in [-0.1, -0.05) is 65.7 Å². The van der Waals surface area contributed by atoms with Crippen LogP contribution >= 0.6 is 0 Å². The Morgan fingerprint density at radius 3 is 1.29 bits per heavy atom. The van der Waals surface area contributed by atoms with E-state index >= 15 is 0 Å². The van der Waals surface area contributed by atoms with Crippen molar-refractivity contribution in [1.82, 2.24) is 0 Å². The quantitative estimate of drug-likeness (QED) is 0.339.